The lowest BCUT2D eigenvalue weighted by Gasteiger charge is -2.21. The van der Waals surface area contributed by atoms with E-state index in [2.05, 4.69) is 15.1 Å². The molecule has 1 unspecified atom stereocenters. The van der Waals surface area contributed by atoms with Crippen LogP contribution in [0.15, 0.2) is 4.42 Å². The highest BCUT2D eigenvalue weighted by Crippen LogP contribution is 2.35. The van der Waals surface area contributed by atoms with E-state index in [1.165, 1.54) is 32.1 Å². The van der Waals surface area contributed by atoms with Crippen LogP contribution in [0.4, 0.5) is 0 Å². The van der Waals surface area contributed by atoms with E-state index in [-0.39, 0.29) is 6.10 Å². The number of likely N-dealkylation sites (N-methyl/N-ethyl adjacent to an activating group) is 1. The predicted octanol–water partition coefficient (Wildman–Crippen LogP) is 1.54. The number of nitrogens with zero attached hydrogens (tertiary/aromatic N) is 3. The zero-order valence-corrected chi connectivity index (χ0v) is 10.9. The second kappa shape index (κ2) is 4.97. The highest BCUT2D eigenvalue weighted by molar-refractivity contribution is 4.96. The molecule has 0 saturated heterocycles. The molecule has 2 fully saturated rings. The van der Waals surface area contributed by atoms with Crippen molar-refractivity contribution in [3.05, 3.63) is 11.8 Å². The van der Waals surface area contributed by atoms with Crippen molar-refractivity contribution in [3.63, 3.8) is 0 Å². The molecule has 0 amide bonds. The fourth-order valence-electron chi connectivity index (χ4n) is 2.40. The Hall–Kier alpha value is -0.940. The highest BCUT2D eigenvalue weighted by atomic mass is 16.4. The van der Waals surface area contributed by atoms with Crippen molar-refractivity contribution < 1.29 is 9.52 Å². The Kier molecular flexibility index (Phi) is 3.35. The maximum atomic E-state index is 9.87. The number of hydrogen-bond acceptors (Lipinski definition) is 5. The van der Waals surface area contributed by atoms with E-state index >= 15 is 0 Å². The minimum atomic E-state index is -0.205. The van der Waals surface area contributed by atoms with Crippen LogP contribution >= 0.6 is 0 Å². The van der Waals surface area contributed by atoms with Crippen molar-refractivity contribution in [1.82, 2.24) is 15.1 Å². The van der Waals surface area contributed by atoms with Crippen LogP contribution < -0.4 is 0 Å². The summed E-state index contributed by atoms with van der Waals surface area (Å²) in [5.41, 5.74) is 0. The van der Waals surface area contributed by atoms with Crippen LogP contribution in [0.1, 0.15) is 49.8 Å². The molecule has 18 heavy (non-hydrogen) atoms. The van der Waals surface area contributed by atoms with Gasteiger partial charge in [-0.25, -0.2) is 0 Å². The van der Waals surface area contributed by atoms with Gasteiger partial charge in [0.2, 0.25) is 11.8 Å². The first kappa shape index (κ1) is 12.1. The minimum absolute atomic E-state index is 0.205. The summed E-state index contributed by atoms with van der Waals surface area (Å²) < 4.78 is 5.67. The van der Waals surface area contributed by atoms with E-state index in [9.17, 15) is 5.11 Å². The molecule has 2 aliphatic carbocycles. The third kappa shape index (κ3) is 2.72. The van der Waals surface area contributed by atoms with Crippen LogP contribution in [0.2, 0.25) is 0 Å². The Balaban J connectivity index is 1.49. The van der Waals surface area contributed by atoms with Gasteiger partial charge < -0.3 is 9.52 Å². The highest BCUT2D eigenvalue weighted by Gasteiger charge is 2.30. The van der Waals surface area contributed by atoms with Gasteiger partial charge in [0.1, 0.15) is 0 Å². The fraction of sp³-hybridized carbons (Fsp3) is 0.846. The van der Waals surface area contributed by atoms with E-state index in [4.69, 9.17) is 4.42 Å². The summed E-state index contributed by atoms with van der Waals surface area (Å²) in [5, 5.41) is 18.1. The van der Waals surface area contributed by atoms with Crippen molar-refractivity contribution in [3.8, 4) is 0 Å². The molecule has 1 aromatic heterocycles. The Morgan fingerprint density at radius 1 is 1.33 bits per heavy atom. The molecule has 1 atom stereocenters. The van der Waals surface area contributed by atoms with E-state index in [0.717, 1.165) is 5.89 Å². The minimum Gasteiger partial charge on any atom is -0.424 e. The molecule has 1 aromatic rings. The molecular weight excluding hydrogens is 230 g/mol. The van der Waals surface area contributed by atoms with Gasteiger partial charge in [-0.1, -0.05) is 6.42 Å². The first-order chi connectivity index (χ1) is 8.72. The monoisotopic (exact) mass is 251 g/mol. The molecule has 1 heterocycles. The summed E-state index contributed by atoms with van der Waals surface area (Å²) in [6, 6.07) is 0. The summed E-state index contributed by atoms with van der Waals surface area (Å²) >= 11 is 0. The van der Waals surface area contributed by atoms with E-state index in [1.54, 1.807) is 0 Å². The molecular formula is C13H21N3O2. The fourth-order valence-corrected chi connectivity index (χ4v) is 2.40. The van der Waals surface area contributed by atoms with Crippen LogP contribution in [0.25, 0.3) is 0 Å². The van der Waals surface area contributed by atoms with Crippen LogP contribution in [-0.4, -0.2) is 39.9 Å². The van der Waals surface area contributed by atoms with Crippen molar-refractivity contribution in [2.45, 2.75) is 50.7 Å². The van der Waals surface area contributed by atoms with Crippen molar-refractivity contribution in [1.29, 1.82) is 0 Å². The molecule has 5 heteroatoms. The number of aromatic nitrogens is 2. The van der Waals surface area contributed by atoms with Gasteiger partial charge in [-0.05, 0) is 38.6 Å². The Morgan fingerprint density at radius 2 is 2.11 bits per heavy atom. The third-order valence-corrected chi connectivity index (χ3v) is 4.01. The predicted molar refractivity (Wildman–Crippen MR) is 66.0 cm³/mol. The Bertz CT molecular complexity index is 399. The largest absolute Gasteiger partial charge is 0.424 e. The molecule has 0 spiro atoms. The zero-order valence-electron chi connectivity index (χ0n) is 10.9. The van der Waals surface area contributed by atoms with Crippen LogP contribution in [0.3, 0.4) is 0 Å². The van der Waals surface area contributed by atoms with E-state index in [1.807, 2.05) is 7.05 Å². The number of aliphatic hydroxyl groups excluding tert-OH is 1. The van der Waals surface area contributed by atoms with Gasteiger partial charge in [-0.2, -0.15) is 0 Å². The number of rotatable bonds is 6. The summed E-state index contributed by atoms with van der Waals surface area (Å²) in [6.07, 6.45) is 5.76. The molecule has 0 radical (unpaired) electrons. The Morgan fingerprint density at radius 3 is 2.72 bits per heavy atom. The normalized spacial score (nSPS) is 22.2. The van der Waals surface area contributed by atoms with Gasteiger partial charge in [0, 0.05) is 12.5 Å². The molecule has 0 aromatic carbocycles. The summed E-state index contributed by atoms with van der Waals surface area (Å²) in [4.78, 5) is 2.06. The summed E-state index contributed by atoms with van der Waals surface area (Å²) in [7, 11) is 1.98. The quantitative estimate of drug-likeness (QED) is 0.831. The molecule has 1 N–H and O–H groups in total. The molecule has 0 bridgehead atoms. The first-order valence-electron chi connectivity index (χ1n) is 6.91. The summed E-state index contributed by atoms with van der Waals surface area (Å²) in [6.45, 7) is 1.31. The maximum Gasteiger partial charge on any atom is 0.230 e. The second-order valence-electron chi connectivity index (χ2n) is 5.76. The summed E-state index contributed by atoms with van der Waals surface area (Å²) in [5.74, 6) is 2.48. The van der Waals surface area contributed by atoms with Gasteiger partial charge in [0.05, 0.1) is 12.6 Å². The molecule has 100 valence electrons. The average molecular weight is 251 g/mol. The second-order valence-corrected chi connectivity index (χ2v) is 5.76. The number of aliphatic hydroxyl groups is 1. The average Bonchev–Trinajstić information content (AvgIpc) is 3.00. The standard InChI is InChI=1S/C13H21N3O2/c1-16(7-11(17)9-5-6-9)8-12-14-15-13(18-12)10-3-2-4-10/h9-11,17H,2-8H2,1H3. The topological polar surface area (TPSA) is 62.4 Å². The first-order valence-corrected chi connectivity index (χ1v) is 6.91. The third-order valence-electron chi connectivity index (χ3n) is 4.01. The van der Waals surface area contributed by atoms with Gasteiger partial charge in [-0.15, -0.1) is 10.2 Å². The number of hydrogen-bond donors (Lipinski definition) is 1. The van der Waals surface area contributed by atoms with Gasteiger partial charge in [0.15, 0.2) is 0 Å². The van der Waals surface area contributed by atoms with Crippen LogP contribution in [-0.2, 0) is 6.54 Å². The van der Waals surface area contributed by atoms with Crippen molar-refractivity contribution in [2.75, 3.05) is 13.6 Å². The molecule has 5 nitrogen and oxygen atoms in total. The van der Waals surface area contributed by atoms with Gasteiger partial charge in [0.25, 0.3) is 0 Å². The lowest BCUT2D eigenvalue weighted by molar-refractivity contribution is 0.0999. The Labute approximate surface area is 107 Å². The van der Waals surface area contributed by atoms with Gasteiger partial charge >= 0.3 is 0 Å². The molecule has 2 aliphatic rings. The van der Waals surface area contributed by atoms with Crippen molar-refractivity contribution in [2.24, 2.45) is 5.92 Å². The SMILES string of the molecule is CN(Cc1nnc(C2CCC2)o1)CC(O)C1CC1. The lowest BCUT2D eigenvalue weighted by Crippen LogP contribution is -2.30. The smallest absolute Gasteiger partial charge is 0.230 e. The molecule has 0 aliphatic heterocycles. The molecule has 3 rings (SSSR count). The van der Waals surface area contributed by atoms with Gasteiger partial charge in [-0.3, -0.25) is 4.90 Å². The van der Waals surface area contributed by atoms with Crippen LogP contribution in [0, 0.1) is 5.92 Å². The lowest BCUT2D eigenvalue weighted by atomic mass is 9.85. The van der Waals surface area contributed by atoms with Crippen molar-refractivity contribution >= 4 is 0 Å². The van der Waals surface area contributed by atoms with E-state index < -0.39 is 0 Å². The van der Waals surface area contributed by atoms with E-state index in [0.29, 0.717) is 30.8 Å². The maximum absolute atomic E-state index is 9.87. The molecule has 2 saturated carbocycles. The van der Waals surface area contributed by atoms with Crippen LogP contribution in [0.5, 0.6) is 0 Å². The zero-order chi connectivity index (χ0) is 12.5.